The number of anilines is 1. The summed E-state index contributed by atoms with van der Waals surface area (Å²) in [6.45, 7) is 4.27. The van der Waals surface area contributed by atoms with Crippen molar-refractivity contribution in [2.24, 2.45) is 0 Å². The second-order valence-electron chi connectivity index (χ2n) is 8.36. The number of thioether (sulfide) groups is 1. The third-order valence-corrected chi connectivity index (χ3v) is 8.27. The van der Waals surface area contributed by atoms with Gasteiger partial charge in [0.2, 0.25) is 11.7 Å². The predicted molar refractivity (Wildman–Crippen MR) is 147 cm³/mol. The predicted octanol–water partition coefficient (Wildman–Crippen LogP) is 4.61. The molecule has 0 spiro atoms. The van der Waals surface area contributed by atoms with Crippen LogP contribution in [0, 0.1) is 0 Å². The van der Waals surface area contributed by atoms with Gasteiger partial charge < -0.3 is 24.3 Å². The minimum atomic E-state index is -0.423. The van der Waals surface area contributed by atoms with Gasteiger partial charge in [-0.05, 0) is 43.4 Å². The Morgan fingerprint density at radius 2 is 1.82 bits per heavy atom. The first-order valence-electron chi connectivity index (χ1n) is 12.0. The first-order chi connectivity index (χ1) is 18.4. The second-order valence-corrected chi connectivity index (χ2v) is 10.4. The molecule has 0 unspecified atom stereocenters. The van der Waals surface area contributed by atoms with E-state index in [2.05, 4.69) is 22.1 Å². The number of hydrogen-bond donors (Lipinski definition) is 1. The first kappa shape index (κ1) is 27.5. The number of methoxy groups -OCH3 is 4. The largest absolute Gasteiger partial charge is 0.493 e. The summed E-state index contributed by atoms with van der Waals surface area (Å²) in [5.41, 5.74) is 2.18. The Morgan fingerprint density at radius 3 is 2.45 bits per heavy atom. The monoisotopic (exact) mass is 558 g/mol. The van der Waals surface area contributed by atoms with Crippen molar-refractivity contribution >= 4 is 40.0 Å². The summed E-state index contributed by atoms with van der Waals surface area (Å²) in [5.74, 6) is 1.42. The Balaban J connectivity index is 1.56. The van der Waals surface area contributed by atoms with Crippen LogP contribution in [0.2, 0.25) is 0 Å². The van der Waals surface area contributed by atoms with Gasteiger partial charge in [0.1, 0.15) is 5.00 Å². The number of nitrogens with zero attached hydrogens (tertiary/aromatic N) is 3. The number of aromatic nitrogens is 3. The molecule has 0 radical (unpaired) electrons. The molecule has 0 bridgehead atoms. The smallest absolute Gasteiger partial charge is 0.341 e. The zero-order valence-electron chi connectivity index (χ0n) is 21.8. The minimum absolute atomic E-state index is 0.0771. The molecule has 202 valence electrons. The van der Waals surface area contributed by atoms with Crippen molar-refractivity contribution < 1.29 is 28.5 Å². The molecule has 0 atom stereocenters. The highest BCUT2D eigenvalue weighted by molar-refractivity contribution is 7.99. The number of rotatable bonds is 11. The molecule has 38 heavy (non-hydrogen) atoms. The van der Waals surface area contributed by atoms with E-state index in [1.165, 1.54) is 30.2 Å². The summed E-state index contributed by atoms with van der Waals surface area (Å²) in [4.78, 5) is 26.6. The molecular formula is C26H30N4O6S2. The van der Waals surface area contributed by atoms with Crippen molar-refractivity contribution in [2.45, 2.75) is 37.4 Å². The van der Waals surface area contributed by atoms with E-state index in [0.29, 0.717) is 50.9 Å². The number of carbonyl (C=O) groups excluding carboxylic acids is 2. The van der Waals surface area contributed by atoms with Crippen LogP contribution in [0.25, 0.3) is 11.4 Å². The van der Waals surface area contributed by atoms with Crippen LogP contribution in [-0.4, -0.2) is 60.8 Å². The molecule has 0 saturated carbocycles. The summed E-state index contributed by atoms with van der Waals surface area (Å²) in [7, 11) is 5.99. The molecule has 4 rings (SSSR count). The third-order valence-electron chi connectivity index (χ3n) is 6.10. The molecule has 12 heteroatoms. The normalized spacial score (nSPS) is 12.4. The van der Waals surface area contributed by atoms with E-state index in [9.17, 15) is 9.59 Å². The highest BCUT2D eigenvalue weighted by atomic mass is 32.2. The lowest BCUT2D eigenvalue weighted by Gasteiger charge is -2.14. The number of allylic oxidation sites excluding steroid dienone is 1. The highest BCUT2D eigenvalue weighted by Crippen LogP contribution is 2.41. The topological polar surface area (TPSA) is 114 Å². The van der Waals surface area contributed by atoms with Gasteiger partial charge >= 0.3 is 5.97 Å². The van der Waals surface area contributed by atoms with Gasteiger partial charge in [0, 0.05) is 17.0 Å². The highest BCUT2D eigenvalue weighted by Gasteiger charge is 2.27. The van der Waals surface area contributed by atoms with Crippen molar-refractivity contribution in [1.82, 2.24) is 14.8 Å². The Kier molecular flexibility index (Phi) is 8.95. The molecule has 0 aliphatic heterocycles. The molecule has 1 aliphatic rings. The Hall–Kier alpha value is -3.51. The minimum Gasteiger partial charge on any atom is -0.493 e. The van der Waals surface area contributed by atoms with Crippen molar-refractivity contribution in [2.75, 3.05) is 39.5 Å². The number of fused-ring (bicyclic) bond motifs is 1. The SMILES string of the molecule is C=CCn1c(SCC(=O)Nc2sc3c(c2C(=O)OC)CCCC3)nnc1-c1cc(OC)c(OC)c(OC)c1. The van der Waals surface area contributed by atoms with Gasteiger partial charge in [-0.25, -0.2) is 4.79 Å². The lowest BCUT2D eigenvalue weighted by atomic mass is 9.95. The first-order valence-corrected chi connectivity index (χ1v) is 13.8. The van der Waals surface area contributed by atoms with Gasteiger partial charge in [-0.15, -0.1) is 28.1 Å². The fourth-order valence-electron chi connectivity index (χ4n) is 4.38. The summed E-state index contributed by atoms with van der Waals surface area (Å²) in [6, 6.07) is 3.58. The van der Waals surface area contributed by atoms with Crippen LogP contribution >= 0.6 is 23.1 Å². The molecule has 2 aromatic heterocycles. The van der Waals surface area contributed by atoms with Crippen LogP contribution in [0.5, 0.6) is 17.2 Å². The van der Waals surface area contributed by atoms with Crippen molar-refractivity contribution in [3.63, 3.8) is 0 Å². The molecule has 1 aromatic carbocycles. The number of esters is 1. The molecule has 1 N–H and O–H groups in total. The fraction of sp³-hybridized carbons (Fsp3) is 0.385. The van der Waals surface area contributed by atoms with Gasteiger partial charge in [0.05, 0.1) is 39.8 Å². The molecule has 3 aromatic rings. The maximum atomic E-state index is 12.9. The van der Waals surface area contributed by atoms with Crippen LogP contribution in [-0.2, 0) is 28.9 Å². The van der Waals surface area contributed by atoms with Crippen LogP contribution in [0.15, 0.2) is 29.9 Å². The summed E-state index contributed by atoms with van der Waals surface area (Å²) >= 11 is 2.70. The molecule has 1 amide bonds. The Morgan fingerprint density at radius 1 is 1.11 bits per heavy atom. The van der Waals surface area contributed by atoms with Gasteiger partial charge in [-0.2, -0.15) is 0 Å². The van der Waals surface area contributed by atoms with Crippen molar-refractivity contribution in [3.8, 4) is 28.6 Å². The zero-order valence-corrected chi connectivity index (χ0v) is 23.4. The van der Waals surface area contributed by atoms with Crippen LogP contribution in [0.4, 0.5) is 5.00 Å². The molecule has 2 heterocycles. The van der Waals surface area contributed by atoms with E-state index in [0.717, 1.165) is 36.1 Å². The van der Waals surface area contributed by atoms with Crippen molar-refractivity contribution in [3.05, 3.63) is 40.8 Å². The number of amides is 1. The number of nitrogens with one attached hydrogen (secondary N) is 1. The number of carbonyl (C=O) groups is 2. The number of hydrogen-bond acceptors (Lipinski definition) is 10. The van der Waals surface area contributed by atoms with E-state index < -0.39 is 5.97 Å². The van der Waals surface area contributed by atoms with Crippen LogP contribution < -0.4 is 19.5 Å². The summed E-state index contributed by atoms with van der Waals surface area (Å²) in [5, 5.41) is 12.7. The molecular weight excluding hydrogens is 528 g/mol. The second kappa shape index (κ2) is 12.4. The average molecular weight is 559 g/mol. The number of ether oxygens (including phenoxy) is 4. The lowest BCUT2D eigenvalue weighted by Crippen LogP contribution is -2.17. The van der Waals surface area contributed by atoms with Crippen LogP contribution in [0.3, 0.4) is 0 Å². The zero-order chi connectivity index (χ0) is 27.2. The summed E-state index contributed by atoms with van der Waals surface area (Å²) in [6.07, 6.45) is 5.54. The standard InChI is InChI=1S/C26H30N4O6S2/c1-6-11-30-23(15-12-17(33-2)22(35-4)18(13-15)34-3)28-29-26(30)37-14-20(31)27-24-21(25(32)36-5)16-9-7-8-10-19(16)38-24/h6,12-13H,1,7-11,14H2,2-5H3,(H,27,31). The van der Waals surface area contributed by atoms with E-state index in [1.807, 2.05) is 4.57 Å². The average Bonchev–Trinajstić information content (AvgIpc) is 3.51. The molecule has 0 fully saturated rings. The van der Waals surface area contributed by atoms with E-state index in [4.69, 9.17) is 18.9 Å². The van der Waals surface area contributed by atoms with E-state index in [1.54, 1.807) is 39.5 Å². The van der Waals surface area contributed by atoms with Gasteiger partial charge in [-0.1, -0.05) is 17.8 Å². The van der Waals surface area contributed by atoms with E-state index >= 15 is 0 Å². The van der Waals surface area contributed by atoms with Crippen LogP contribution in [0.1, 0.15) is 33.6 Å². The maximum Gasteiger partial charge on any atom is 0.341 e. The number of aryl methyl sites for hydroxylation is 1. The third kappa shape index (κ3) is 5.51. The maximum absolute atomic E-state index is 12.9. The number of benzene rings is 1. The van der Waals surface area contributed by atoms with E-state index in [-0.39, 0.29) is 11.7 Å². The lowest BCUT2D eigenvalue weighted by molar-refractivity contribution is -0.113. The molecule has 1 aliphatic carbocycles. The fourth-order valence-corrected chi connectivity index (χ4v) is 6.42. The van der Waals surface area contributed by atoms with Crippen molar-refractivity contribution in [1.29, 1.82) is 0 Å². The van der Waals surface area contributed by atoms with Gasteiger partial charge in [-0.3, -0.25) is 9.36 Å². The van der Waals surface area contributed by atoms with Gasteiger partial charge in [0.25, 0.3) is 0 Å². The number of thiophene rings is 1. The summed E-state index contributed by atoms with van der Waals surface area (Å²) < 4.78 is 23.2. The molecule has 10 nitrogen and oxygen atoms in total. The molecule has 0 saturated heterocycles. The Bertz CT molecular complexity index is 1320. The van der Waals surface area contributed by atoms with Gasteiger partial charge in [0.15, 0.2) is 22.5 Å². The quantitative estimate of drug-likeness (QED) is 0.205. The Labute approximate surface area is 229 Å².